The fourth-order valence-electron chi connectivity index (χ4n) is 2.42. The predicted molar refractivity (Wildman–Crippen MR) is 69.9 cm³/mol. The van der Waals surface area contributed by atoms with E-state index in [4.69, 9.17) is 9.84 Å². The molecule has 1 aliphatic heterocycles. The van der Waals surface area contributed by atoms with E-state index in [0.717, 1.165) is 5.69 Å². The van der Waals surface area contributed by atoms with Gasteiger partial charge in [0.25, 0.3) is 0 Å². The predicted octanol–water partition coefficient (Wildman–Crippen LogP) is 0.535. The Morgan fingerprint density at radius 1 is 1.61 bits per heavy atom. The second-order valence-corrected chi connectivity index (χ2v) is 5.34. The molecule has 0 aromatic carbocycles. The monoisotopic (exact) mass is 317 g/mol. The minimum absolute atomic E-state index is 0.0325. The second kappa shape index (κ2) is 5.42. The summed E-state index contributed by atoms with van der Waals surface area (Å²) in [5.41, 5.74) is 0.609. The van der Waals surface area contributed by atoms with Gasteiger partial charge in [0.15, 0.2) is 5.75 Å². The molecular formula is C12H16BrNO4. The number of rotatable bonds is 3. The molecule has 100 valence electrons. The summed E-state index contributed by atoms with van der Waals surface area (Å²) in [6.07, 6.45) is 2.23. The zero-order chi connectivity index (χ0) is 13.3. The minimum Gasteiger partial charge on any atom is -0.491 e. The van der Waals surface area contributed by atoms with Gasteiger partial charge >= 0.3 is 0 Å². The molecule has 2 rings (SSSR count). The summed E-state index contributed by atoms with van der Waals surface area (Å²) in [6.45, 7) is 0.444. The van der Waals surface area contributed by atoms with Crippen LogP contribution in [-0.4, -0.2) is 34.6 Å². The number of hydrogen-bond acceptors (Lipinski definition) is 4. The Balaban J connectivity index is 2.46. The van der Waals surface area contributed by atoms with E-state index >= 15 is 0 Å². The maximum atomic E-state index is 11.9. The van der Waals surface area contributed by atoms with Gasteiger partial charge in [0, 0.05) is 19.3 Å². The van der Waals surface area contributed by atoms with Crippen molar-refractivity contribution in [3.05, 3.63) is 26.6 Å². The lowest BCUT2D eigenvalue weighted by molar-refractivity contribution is 0.0580. The normalized spacial score (nSPS) is 22.7. The van der Waals surface area contributed by atoms with Gasteiger partial charge in [-0.15, -0.1) is 0 Å². The summed E-state index contributed by atoms with van der Waals surface area (Å²) in [6, 6.07) is 0. The molecule has 0 radical (unpaired) electrons. The van der Waals surface area contributed by atoms with E-state index in [1.54, 1.807) is 6.20 Å². The molecule has 2 unspecified atom stereocenters. The van der Waals surface area contributed by atoms with E-state index < -0.39 is 6.10 Å². The molecule has 0 fully saturated rings. The molecule has 1 aromatic heterocycles. The SMILES string of the molecule is COc1c2n(cc(Br)c1=O)CC(O)C(CCO)C2. The highest BCUT2D eigenvalue weighted by molar-refractivity contribution is 9.10. The summed E-state index contributed by atoms with van der Waals surface area (Å²) in [4.78, 5) is 11.9. The van der Waals surface area contributed by atoms with Gasteiger partial charge in [-0.25, -0.2) is 0 Å². The number of hydrogen-bond donors (Lipinski definition) is 2. The van der Waals surface area contributed by atoms with E-state index in [1.165, 1.54) is 7.11 Å². The van der Waals surface area contributed by atoms with Crippen molar-refractivity contribution in [1.82, 2.24) is 4.57 Å². The second-order valence-electron chi connectivity index (χ2n) is 4.48. The molecule has 1 aromatic rings. The number of halogens is 1. The number of aliphatic hydroxyl groups excluding tert-OH is 2. The van der Waals surface area contributed by atoms with Crippen molar-refractivity contribution in [1.29, 1.82) is 0 Å². The molecule has 2 N–H and O–H groups in total. The van der Waals surface area contributed by atoms with Gasteiger partial charge in [-0.2, -0.15) is 0 Å². The highest BCUT2D eigenvalue weighted by Crippen LogP contribution is 2.29. The topological polar surface area (TPSA) is 71.7 Å². The number of nitrogens with zero attached hydrogens (tertiary/aromatic N) is 1. The van der Waals surface area contributed by atoms with Crippen molar-refractivity contribution in [3.8, 4) is 5.75 Å². The minimum atomic E-state index is -0.510. The van der Waals surface area contributed by atoms with Crippen molar-refractivity contribution < 1.29 is 14.9 Å². The van der Waals surface area contributed by atoms with Crippen LogP contribution in [0.2, 0.25) is 0 Å². The van der Waals surface area contributed by atoms with Gasteiger partial charge in [0.1, 0.15) is 0 Å². The highest BCUT2D eigenvalue weighted by atomic mass is 79.9. The van der Waals surface area contributed by atoms with Crippen LogP contribution in [0.4, 0.5) is 0 Å². The molecule has 0 bridgehead atoms. The van der Waals surface area contributed by atoms with Crippen molar-refractivity contribution >= 4 is 15.9 Å². The Kier molecular flexibility index (Phi) is 4.09. The average molecular weight is 318 g/mol. The summed E-state index contributed by atoms with van der Waals surface area (Å²) >= 11 is 3.20. The number of pyridine rings is 1. The number of ether oxygens (including phenoxy) is 1. The third-order valence-electron chi connectivity index (χ3n) is 3.39. The summed E-state index contributed by atoms with van der Waals surface area (Å²) in [5, 5.41) is 19.0. The van der Waals surface area contributed by atoms with Crippen LogP contribution in [0.1, 0.15) is 12.1 Å². The summed E-state index contributed by atoms with van der Waals surface area (Å²) < 4.78 is 7.44. The van der Waals surface area contributed by atoms with E-state index in [2.05, 4.69) is 15.9 Å². The maximum absolute atomic E-state index is 11.9. The largest absolute Gasteiger partial charge is 0.491 e. The lowest BCUT2D eigenvalue weighted by Gasteiger charge is -2.31. The molecule has 0 saturated carbocycles. The maximum Gasteiger partial charge on any atom is 0.237 e. The van der Waals surface area contributed by atoms with Crippen LogP contribution in [0.15, 0.2) is 15.5 Å². The first-order chi connectivity index (χ1) is 8.58. The molecule has 0 aliphatic carbocycles. The molecule has 6 heteroatoms. The molecular weight excluding hydrogens is 302 g/mol. The number of fused-ring (bicyclic) bond motifs is 1. The third kappa shape index (κ3) is 2.32. The lowest BCUT2D eigenvalue weighted by atomic mass is 9.89. The summed E-state index contributed by atoms with van der Waals surface area (Å²) in [7, 11) is 1.47. The van der Waals surface area contributed by atoms with Crippen molar-refractivity contribution in [2.45, 2.75) is 25.5 Å². The Morgan fingerprint density at radius 3 is 2.94 bits per heavy atom. The molecule has 0 saturated heterocycles. The molecule has 5 nitrogen and oxygen atoms in total. The van der Waals surface area contributed by atoms with Crippen molar-refractivity contribution in [2.75, 3.05) is 13.7 Å². The first-order valence-electron chi connectivity index (χ1n) is 5.83. The average Bonchev–Trinajstić information content (AvgIpc) is 2.33. The number of aromatic nitrogens is 1. The Labute approximate surface area is 113 Å². The Morgan fingerprint density at radius 2 is 2.33 bits per heavy atom. The van der Waals surface area contributed by atoms with E-state index in [0.29, 0.717) is 29.6 Å². The van der Waals surface area contributed by atoms with Crippen LogP contribution in [0.25, 0.3) is 0 Å². The zero-order valence-electron chi connectivity index (χ0n) is 10.1. The van der Waals surface area contributed by atoms with E-state index in [9.17, 15) is 9.90 Å². The van der Waals surface area contributed by atoms with Crippen molar-refractivity contribution in [2.24, 2.45) is 5.92 Å². The van der Waals surface area contributed by atoms with Gasteiger partial charge in [-0.1, -0.05) is 0 Å². The molecule has 1 aliphatic rings. The zero-order valence-corrected chi connectivity index (χ0v) is 11.7. The van der Waals surface area contributed by atoms with Crippen LogP contribution in [-0.2, 0) is 13.0 Å². The van der Waals surface area contributed by atoms with Gasteiger partial charge in [0.05, 0.1) is 23.4 Å². The molecule has 18 heavy (non-hydrogen) atoms. The molecule has 2 heterocycles. The van der Waals surface area contributed by atoms with Crippen LogP contribution < -0.4 is 10.2 Å². The van der Waals surface area contributed by atoms with Gasteiger partial charge in [-0.05, 0) is 34.7 Å². The number of methoxy groups -OCH3 is 1. The Bertz CT molecular complexity index is 500. The van der Waals surface area contributed by atoms with Gasteiger partial charge in [-0.3, -0.25) is 4.79 Å². The van der Waals surface area contributed by atoms with E-state index in [1.807, 2.05) is 4.57 Å². The first kappa shape index (κ1) is 13.6. The third-order valence-corrected chi connectivity index (χ3v) is 3.95. The number of aliphatic hydroxyl groups is 2. The standard InChI is InChI=1S/C12H16BrNO4/c1-18-12-9-4-7(2-3-15)10(16)6-14(9)5-8(13)11(12)17/h5,7,10,15-16H,2-4,6H2,1H3. The highest BCUT2D eigenvalue weighted by Gasteiger charge is 2.29. The molecule has 0 amide bonds. The van der Waals surface area contributed by atoms with E-state index in [-0.39, 0.29) is 18.0 Å². The van der Waals surface area contributed by atoms with Crippen molar-refractivity contribution in [3.63, 3.8) is 0 Å². The first-order valence-corrected chi connectivity index (χ1v) is 6.62. The van der Waals surface area contributed by atoms with Crippen LogP contribution >= 0.6 is 15.9 Å². The fourth-order valence-corrected chi connectivity index (χ4v) is 2.85. The molecule has 2 atom stereocenters. The molecule has 0 spiro atoms. The van der Waals surface area contributed by atoms with Gasteiger partial charge < -0.3 is 19.5 Å². The van der Waals surface area contributed by atoms with Crippen LogP contribution in [0.5, 0.6) is 5.75 Å². The fraction of sp³-hybridized carbons (Fsp3) is 0.583. The van der Waals surface area contributed by atoms with Crippen LogP contribution in [0.3, 0.4) is 0 Å². The summed E-state index contributed by atoms with van der Waals surface area (Å²) in [5.74, 6) is 0.281. The van der Waals surface area contributed by atoms with Crippen LogP contribution in [0, 0.1) is 5.92 Å². The smallest absolute Gasteiger partial charge is 0.237 e. The van der Waals surface area contributed by atoms with Gasteiger partial charge in [0.2, 0.25) is 5.43 Å². The lowest BCUT2D eigenvalue weighted by Crippen LogP contribution is -2.36. The Hall–Kier alpha value is -0.850. The quantitative estimate of drug-likeness (QED) is 0.853.